The molecule has 4 aromatic rings. The molecule has 4 rings (SSSR count). The van der Waals surface area contributed by atoms with Crippen LogP contribution in [0.1, 0.15) is 36.3 Å². The molecule has 0 aliphatic carbocycles. The van der Waals surface area contributed by atoms with E-state index in [9.17, 15) is 14.7 Å². The van der Waals surface area contributed by atoms with Crippen LogP contribution in [-0.4, -0.2) is 33.0 Å². The van der Waals surface area contributed by atoms with Crippen LogP contribution in [0.15, 0.2) is 73.2 Å². The fourth-order valence-electron chi connectivity index (χ4n) is 4.04. The molecule has 0 unspecified atom stereocenters. The van der Waals surface area contributed by atoms with Crippen molar-refractivity contribution in [1.29, 1.82) is 0 Å². The number of carboxylic acids is 1. The van der Waals surface area contributed by atoms with Crippen LogP contribution in [0.4, 0.5) is 5.69 Å². The Balaban J connectivity index is 1.74. The van der Waals surface area contributed by atoms with Crippen LogP contribution >= 0.6 is 0 Å². The Labute approximate surface area is 198 Å². The molecule has 7 nitrogen and oxygen atoms in total. The highest BCUT2D eigenvalue weighted by atomic mass is 16.4. The lowest BCUT2D eigenvalue weighted by atomic mass is 9.93. The molecule has 1 atom stereocenters. The van der Waals surface area contributed by atoms with Gasteiger partial charge in [0, 0.05) is 17.4 Å². The average molecular weight is 457 g/mol. The zero-order valence-corrected chi connectivity index (χ0v) is 19.2. The number of aliphatic carboxylic acids is 1. The first-order valence-electron chi connectivity index (χ1n) is 11.3. The molecule has 3 aromatic carbocycles. The van der Waals surface area contributed by atoms with Crippen LogP contribution in [0.25, 0.3) is 21.9 Å². The van der Waals surface area contributed by atoms with Crippen LogP contribution in [0.3, 0.4) is 0 Å². The van der Waals surface area contributed by atoms with E-state index in [1.54, 1.807) is 12.4 Å². The number of amides is 1. The van der Waals surface area contributed by atoms with E-state index in [0.29, 0.717) is 18.5 Å². The van der Waals surface area contributed by atoms with Gasteiger partial charge >= 0.3 is 5.97 Å². The third-order valence-corrected chi connectivity index (χ3v) is 5.68. The molecule has 0 saturated carbocycles. The summed E-state index contributed by atoms with van der Waals surface area (Å²) in [5.74, 6) is -1.31. The number of nitrogens with zero attached hydrogens (tertiary/aromatic N) is 1. The number of rotatable bonds is 9. The highest BCUT2D eigenvalue weighted by molar-refractivity contribution is 6.07. The van der Waals surface area contributed by atoms with E-state index in [4.69, 9.17) is 0 Å². The van der Waals surface area contributed by atoms with Crippen molar-refractivity contribution >= 4 is 28.3 Å². The number of anilines is 1. The fourth-order valence-corrected chi connectivity index (χ4v) is 4.04. The van der Waals surface area contributed by atoms with Crippen molar-refractivity contribution in [2.75, 3.05) is 5.32 Å². The van der Waals surface area contributed by atoms with Crippen molar-refractivity contribution in [3.63, 3.8) is 0 Å². The normalized spacial score (nSPS) is 12.0. The Morgan fingerprint density at radius 1 is 1.03 bits per heavy atom. The number of H-pyrrole nitrogens is 1. The second-order valence-electron chi connectivity index (χ2n) is 8.70. The standard InChI is InChI=1S/C27H28N4O3/c1-17(2)12-25(27(33)34)31-26(32)23-11-10-19(29-15-20-14-28-16-30-20)13-24(23)22-9-5-7-18-6-3-4-8-21(18)22/h3-11,13-14,16-17,25,29H,12,15H2,1-2H3,(H,28,30)(H,31,32)(H,33,34)/t25-/m0/s1. The molecule has 174 valence electrons. The zero-order chi connectivity index (χ0) is 24.1. The average Bonchev–Trinajstić information content (AvgIpc) is 3.35. The monoisotopic (exact) mass is 456 g/mol. The summed E-state index contributed by atoms with van der Waals surface area (Å²) in [4.78, 5) is 32.2. The summed E-state index contributed by atoms with van der Waals surface area (Å²) in [6.07, 6.45) is 3.80. The second kappa shape index (κ2) is 10.2. The topological polar surface area (TPSA) is 107 Å². The van der Waals surface area contributed by atoms with E-state index >= 15 is 0 Å². The molecule has 1 heterocycles. The van der Waals surface area contributed by atoms with Gasteiger partial charge in [0.05, 0.1) is 18.6 Å². The van der Waals surface area contributed by atoms with E-state index in [-0.39, 0.29) is 5.92 Å². The molecule has 0 saturated heterocycles. The molecule has 7 heteroatoms. The molecule has 4 N–H and O–H groups in total. The summed E-state index contributed by atoms with van der Waals surface area (Å²) >= 11 is 0. The molecule has 0 bridgehead atoms. The van der Waals surface area contributed by atoms with Crippen LogP contribution < -0.4 is 10.6 Å². The van der Waals surface area contributed by atoms with Gasteiger partial charge in [-0.05, 0) is 52.4 Å². The lowest BCUT2D eigenvalue weighted by molar-refractivity contribution is -0.139. The molecule has 0 aliphatic heterocycles. The van der Waals surface area contributed by atoms with Crippen molar-refractivity contribution in [1.82, 2.24) is 15.3 Å². The number of carboxylic acid groups (broad SMARTS) is 1. The van der Waals surface area contributed by atoms with Crippen LogP contribution in [0.5, 0.6) is 0 Å². The summed E-state index contributed by atoms with van der Waals surface area (Å²) in [5.41, 5.74) is 3.76. The van der Waals surface area contributed by atoms with Gasteiger partial charge in [-0.3, -0.25) is 4.79 Å². The molecule has 0 radical (unpaired) electrons. The van der Waals surface area contributed by atoms with E-state index in [2.05, 4.69) is 20.6 Å². The number of fused-ring (bicyclic) bond motifs is 1. The quantitative estimate of drug-likeness (QED) is 0.281. The van der Waals surface area contributed by atoms with Gasteiger partial charge < -0.3 is 20.7 Å². The Bertz CT molecular complexity index is 1290. The number of aromatic nitrogens is 2. The van der Waals surface area contributed by atoms with Crippen molar-refractivity contribution in [2.24, 2.45) is 5.92 Å². The maximum Gasteiger partial charge on any atom is 0.326 e. The molecule has 1 amide bonds. The first-order valence-corrected chi connectivity index (χ1v) is 11.3. The van der Waals surface area contributed by atoms with Gasteiger partial charge in [-0.1, -0.05) is 56.3 Å². The Hall–Kier alpha value is -4.13. The van der Waals surface area contributed by atoms with Crippen molar-refractivity contribution < 1.29 is 14.7 Å². The fraction of sp³-hybridized carbons (Fsp3) is 0.222. The maximum atomic E-state index is 13.3. The van der Waals surface area contributed by atoms with Crippen molar-refractivity contribution in [2.45, 2.75) is 32.9 Å². The zero-order valence-electron chi connectivity index (χ0n) is 19.2. The van der Waals surface area contributed by atoms with Crippen LogP contribution in [0, 0.1) is 5.92 Å². The first-order chi connectivity index (χ1) is 16.4. The van der Waals surface area contributed by atoms with E-state index in [1.165, 1.54) is 0 Å². The predicted molar refractivity (Wildman–Crippen MR) is 134 cm³/mol. The summed E-state index contributed by atoms with van der Waals surface area (Å²) in [5, 5.41) is 17.8. The van der Waals surface area contributed by atoms with Gasteiger partial charge in [0.2, 0.25) is 0 Å². The predicted octanol–water partition coefficient (Wildman–Crippen LogP) is 5.07. The SMILES string of the molecule is CC(C)C[C@H](NC(=O)c1ccc(NCc2c[nH]cn2)cc1-c1cccc2ccccc12)C(=O)O. The smallest absolute Gasteiger partial charge is 0.326 e. The molecular weight excluding hydrogens is 428 g/mol. The van der Waals surface area contributed by atoms with Crippen molar-refractivity contribution in [3.05, 3.63) is 84.4 Å². The van der Waals surface area contributed by atoms with Gasteiger partial charge in [-0.2, -0.15) is 0 Å². The third kappa shape index (κ3) is 5.26. The van der Waals surface area contributed by atoms with Crippen LogP contribution in [0.2, 0.25) is 0 Å². The molecule has 0 spiro atoms. The molecule has 0 fully saturated rings. The highest BCUT2D eigenvalue weighted by Gasteiger charge is 2.24. The van der Waals surface area contributed by atoms with Gasteiger partial charge in [-0.25, -0.2) is 9.78 Å². The number of aromatic amines is 1. The molecule has 0 aliphatic rings. The Kier molecular flexibility index (Phi) is 6.92. The van der Waals surface area contributed by atoms with E-state index in [1.807, 2.05) is 74.6 Å². The summed E-state index contributed by atoms with van der Waals surface area (Å²) in [7, 11) is 0. The maximum absolute atomic E-state index is 13.3. The van der Waals surface area contributed by atoms with E-state index < -0.39 is 17.9 Å². The Morgan fingerprint density at radius 3 is 2.56 bits per heavy atom. The highest BCUT2D eigenvalue weighted by Crippen LogP contribution is 2.33. The largest absolute Gasteiger partial charge is 0.480 e. The number of hydrogen-bond acceptors (Lipinski definition) is 4. The minimum absolute atomic E-state index is 0.132. The number of carbonyl (C=O) groups excluding carboxylic acids is 1. The number of carbonyl (C=O) groups is 2. The number of benzene rings is 3. The number of imidazole rings is 1. The van der Waals surface area contributed by atoms with Gasteiger partial charge in [0.15, 0.2) is 0 Å². The second-order valence-corrected chi connectivity index (χ2v) is 8.70. The van der Waals surface area contributed by atoms with Gasteiger partial charge in [0.25, 0.3) is 5.91 Å². The van der Waals surface area contributed by atoms with Crippen molar-refractivity contribution in [3.8, 4) is 11.1 Å². The summed E-state index contributed by atoms with van der Waals surface area (Å²) < 4.78 is 0. The number of hydrogen-bond donors (Lipinski definition) is 4. The minimum Gasteiger partial charge on any atom is -0.480 e. The summed E-state index contributed by atoms with van der Waals surface area (Å²) in [6, 6.07) is 18.5. The molecule has 34 heavy (non-hydrogen) atoms. The summed E-state index contributed by atoms with van der Waals surface area (Å²) in [6.45, 7) is 4.40. The Morgan fingerprint density at radius 2 is 1.82 bits per heavy atom. The van der Waals surface area contributed by atoms with Gasteiger partial charge in [0.1, 0.15) is 6.04 Å². The molecular formula is C27H28N4O3. The van der Waals surface area contributed by atoms with Gasteiger partial charge in [-0.15, -0.1) is 0 Å². The van der Waals surface area contributed by atoms with Crippen LogP contribution in [-0.2, 0) is 11.3 Å². The number of nitrogens with one attached hydrogen (secondary N) is 3. The van der Waals surface area contributed by atoms with E-state index in [0.717, 1.165) is 33.3 Å². The minimum atomic E-state index is -1.04. The lowest BCUT2D eigenvalue weighted by Crippen LogP contribution is -2.41. The molecule has 1 aromatic heterocycles. The first kappa shape index (κ1) is 23.0. The third-order valence-electron chi connectivity index (χ3n) is 5.68. The lowest BCUT2D eigenvalue weighted by Gasteiger charge is -2.19.